The molecule has 3 rings (SSSR count). The van der Waals surface area contributed by atoms with Crippen molar-refractivity contribution in [3.8, 4) is 11.8 Å². The third-order valence-corrected chi connectivity index (χ3v) is 7.09. The van der Waals surface area contributed by atoms with Crippen LogP contribution in [-0.4, -0.2) is 5.97 Å². The van der Waals surface area contributed by atoms with Gasteiger partial charge in [-0.2, -0.15) is 5.26 Å². The smallest absolute Gasteiger partial charge is 0.343 e. The summed E-state index contributed by atoms with van der Waals surface area (Å²) in [7, 11) is 0. The first-order valence-corrected chi connectivity index (χ1v) is 13.0. The molecule has 0 heterocycles. The van der Waals surface area contributed by atoms with E-state index in [-0.39, 0.29) is 0 Å². The second-order valence-electron chi connectivity index (χ2n) is 9.62. The first kappa shape index (κ1) is 25.0. The van der Waals surface area contributed by atoms with Gasteiger partial charge >= 0.3 is 5.97 Å². The highest BCUT2D eigenvalue weighted by Crippen LogP contribution is 2.38. The number of carbonyl (C=O) groups is 1. The molecule has 33 heavy (non-hydrogen) atoms. The Balaban J connectivity index is 1.50. The lowest BCUT2D eigenvalue weighted by Gasteiger charge is -2.29. The van der Waals surface area contributed by atoms with Crippen LogP contribution < -0.4 is 4.74 Å². The molecule has 3 heteroatoms. The molecule has 0 saturated heterocycles. The van der Waals surface area contributed by atoms with Crippen LogP contribution in [0, 0.1) is 17.2 Å². The number of nitriles is 1. The van der Waals surface area contributed by atoms with Crippen molar-refractivity contribution in [2.75, 3.05) is 0 Å². The number of carbonyl (C=O) groups excluding carboxylic acids is 1. The van der Waals surface area contributed by atoms with Gasteiger partial charge in [0.05, 0.1) is 11.1 Å². The fourth-order valence-electron chi connectivity index (χ4n) is 5.07. The van der Waals surface area contributed by atoms with Crippen molar-refractivity contribution in [3.63, 3.8) is 0 Å². The highest BCUT2D eigenvalue weighted by atomic mass is 16.5. The molecular formula is C30H39NO2. The molecule has 1 aliphatic carbocycles. The maximum Gasteiger partial charge on any atom is 0.343 e. The Hall–Kier alpha value is -2.60. The van der Waals surface area contributed by atoms with Crippen LogP contribution in [0.3, 0.4) is 0 Å². The largest absolute Gasteiger partial charge is 0.422 e. The van der Waals surface area contributed by atoms with Crippen LogP contribution in [-0.2, 0) is 6.42 Å². The zero-order chi connectivity index (χ0) is 23.5. The van der Waals surface area contributed by atoms with E-state index in [0.717, 1.165) is 24.3 Å². The van der Waals surface area contributed by atoms with Crippen molar-refractivity contribution in [1.82, 2.24) is 0 Å². The normalized spacial score (nSPS) is 18.0. The Morgan fingerprint density at radius 3 is 2.33 bits per heavy atom. The molecule has 0 radical (unpaired) electrons. The molecule has 0 unspecified atom stereocenters. The van der Waals surface area contributed by atoms with Crippen molar-refractivity contribution in [3.05, 3.63) is 64.7 Å². The minimum absolute atomic E-state index is 0.333. The van der Waals surface area contributed by atoms with Gasteiger partial charge in [0.1, 0.15) is 11.8 Å². The second-order valence-corrected chi connectivity index (χ2v) is 9.62. The summed E-state index contributed by atoms with van der Waals surface area (Å²) in [6.45, 7) is 4.37. The first-order valence-electron chi connectivity index (χ1n) is 13.0. The maximum atomic E-state index is 12.7. The lowest BCUT2D eigenvalue weighted by molar-refractivity contribution is 0.0734. The molecule has 1 saturated carbocycles. The molecule has 0 aliphatic heterocycles. The van der Waals surface area contributed by atoms with Gasteiger partial charge in [0, 0.05) is 0 Å². The lowest BCUT2D eigenvalue weighted by atomic mass is 9.77. The van der Waals surface area contributed by atoms with Crippen LogP contribution in [0.1, 0.15) is 117 Å². The number of hydrogen-bond donors (Lipinski definition) is 0. The molecule has 2 aromatic rings. The van der Waals surface area contributed by atoms with Crippen LogP contribution in [0.15, 0.2) is 42.5 Å². The molecule has 0 N–H and O–H groups in total. The van der Waals surface area contributed by atoms with Crippen molar-refractivity contribution in [2.24, 2.45) is 5.92 Å². The Morgan fingerprint density at radius 1 is 0.939 bits per heavy atom. The summed E-state index contributed by atoms with van der Waals surface area (Å²) in [6, 6.07) is 15.5. The SMILES string of the molecule is CCCCCCCC1CCC(c2ccc(C(=O)Oc3ccc(CCC)cc3C#N)cc2)CC1. The number of nitrogens with zero attached hydrogens (tertiary/aromatic N) is 1. The molecule has 0 aromatic heterocycles. The van der Waals surface area contributed by atoms with Gasteiger partial charge in [0.15, 0.2) is 0 Å². The Bertz CT molecular complexity index is 917. The summed E-state index contributed by atoms with van der Waals surface area (Å²) in [5, 5.41) is 9.43. The van der Waals surface area contributed by atoms with Gasteiger partial charge in [-0.15, -0.1) is 0 Å². The number of aryl methyl sites for hydroxylation is 1. The summed E-state index contributed by atoms with van der Waals surface area (Å²) < 4.78 is 5.56. The van der Waals surface area contributed by atoms with Gasteiger partial charge in [0.2, 0.25) is 0 Å². The molecule has 3 nitrogen and oxygen atoms in total. The number of hydrogen-bond acceptors (Lipinski definition) is 3. The molecule has 0 bridgehead atoms. The maximum absolute atomic E-state index is 12.7. The van der Waals surface area contributed by atoms with E-state index >= 15 is 0 Å². The fraction of sp³-hybridized carbons (Fsp3) is 0.533. The van der Waals surface area contributed by atoms with Crippen LogP contribution in [0.4, 0.5) is 0 Å². The Labute approximate surface area is 200 Å². The van der Waals surface area contributed by atoms with Gasteiger partial charge < -0.3 is 4.74 Å². The van der Waals surface area contributed by atoms with Crippen LogP contribution in [0.5, 0.6) is 5.75 Å². The third kappa shape index (κ3) is 7.46. The average Bonchev–Trinajstić information content (AvgIpc) is 2.85. The second kappa shape index (κ2) is 13.2. The van der Waals surface area contributed by atoms with Crippen molar-refractivity contribution < 1.29 is 9.53 Å². The number of ether oxygens (including phenoxy) is 1. The standard InChI is InChI=1S/C30H39NO2/c1-3-5-6-7-8-10-23-11-14-25(15-12-23)26-16-18-27(19-17-26)30(32)33-29-20-13-24(9-4-2)21-28(29)22-31/h13,16-21,23,25H,3-12,14-15H2,1-2H3. The van der Waals surface area contributed by atoms with Crippen molar-refractivity contribution in [1.29, 1.82) is 5.26 Å². The summed E-state index contributed by atoms with van der Waals surface area (Å²) >= 11 is 0. The summed E-state index contributed by atoms with van der Waals surface area (Å²) in [6.07, 6.45) is 15.3. The summed E-state index contributed by atoms with van der Waals surface area (Å²) in [5.41, 5.74) is 3.35. The van der Waals surface area contributed by atoms with Gasteiger partial charge in [-0.05, 0) is 79.3 Å². The third-order valence-electron chi connectivity index (χ3n) is 7.09. The quantitative estimate of drug-likeness (QED) is 0.198. The van der Waals surface area contributed by atoms with Crippen LogP contribution in [0.2, 0.25) is 0 Å². The minimum Gasteiger partial charge on any atom is -0.422 e. The molecule has 0 amide bonds. The monoisotopic (exact) mass is 445 g/mol. The molecular weight excluding hydrogens is 406 g/mol. The minimum atomic E-state index is -0.409. The molecule has 0 spiro atoms. The molecule has 1 fully saturated rings. The molecule has 2 aromatic carbocycles. The molecule has 176 valence electrons. The van der Waals surface area contributed by atoms with Gasteiger partial charge in [-0.1, -0.05) is 77.0 Å². The van der Waals surface area contributed by atoms with E-state index in [1.165, 1.54) is 69.8 Å². The van der Waals surface area contributed by atoms with Crippen molar-refractivity contribution >= 4 is 5.97 Å². The summed E-state index contributed by atoms with van der Waals surface area (Å²) in [4.78, 5) is 12.7. The fourth-order valence-corrected chi connectivity index (χ4v) is 5.07. The van der Waals surface area contributed by atoms with Gasteiger partial charge in [-0.25, -0.2) is 4.79 Å². The van der Waals surface area contributed by atoms with Gasteiger partial charge in [-0.3, -0.25) is 0 Å². The Kier molecular flexibility index (Phi) is 10.0. The summed E-state index contributed by atoms with van der Waals surface area (Å²) in [5.74, 6) is 1.42. The number of unbranched alkanes of at least 4 members (excludes halogenated alkanes) is 4. The van der Waals surface area contributed by atoms with Crippen LogP contribution >= 0.6 is 0 Å². The molecule has 1 aliphatic rings. The first-order chi connectivity index (χ1) is 16.1. The van der Waals surface area contributed by atoms with E-state index in [1.807, 2.05) is 24.3 Å². The zero-order valence-electron chi connectivity index (χ0n) is 20.4. The van der Waals surface area contributed by atoms with E-state index in [2.05, 4.69) is 32.0 Å². The predicted molar refractivity (Wildman–Crippen MR) is 135 cm³/mol. The number of esters is 1. The van der Waals surface area contributed by atoms with E-state index in [4.69, 9.17) is 4.74 Å². The van der Waals surface area contributed by atoms with E-state index in [0.29, 0.717) is 22.8 Å². The van der Waals surface area contributed by atoms with Gasteiger partial charge in [0.25, 0.3) is 0 Å². The molecule has 0 atom stereocenters. The van der Waals surface area contributed by atoms with E-state index in [1.54, 1.807) is 6.07 Å². The zero-order valence-corrected chi connectivity index (χ0v) is 20.4. The highest BCUT2D eigenvalue weighted by Gasteiger charge is 2.22. The van der Waals surface area contributed by atoms with Crippen molar-refractivity contribution in [2.45, 2.75) is 96.8 Å². The Morgan fingerprint density at radius 2 is 1.67 bits per heavy atom. The highest BCUT2D eigenvalue weighted by molar-refractivity contribution is 5.91. The van der Waals surface area contributed by atoms with Crippen LogP contribution in [0.25, 0.3) is 0 Å². The predicted octanol–water partition coefficient (Wildman–Crippen LogP) is 8.36. The topological polar surface area (TPSA) is 50.1 Å². The average molecular weight is 446 g/mol. The van der Waals surface area contributed by atoms with E-state index < -0.39 is 5.97 Å². The van der Waals surface area contributed by atoms with E-state index in [9.17, 15) is 10.1 Å². The number of rotatable bonds is 11. The number of benzene rings is 2. The lowest BCUT2D eigenvalue weighted by Crippen LogP contribution is -2.14.